The molecule has 1 N–H and O–H groups in total. The molecule has 2 aliphatic rings. The highest BCUT2D eigenvalue weighted by Gasteiger charge is 2.37. The molecule has 1 aliphatic heterocycles. The van der Waals surface area contributed by atoms with Crippen molar-refractivity contribution in [2.45, 2.75) is 48.5 Å². The van der Waals surface area contributed by atoms with Gasteiger partial charge in [0.1, 0.15) is 5.75 Å². The number of rotatable bonds is 11. The van der Waals surface area contributed by atoms with Crippen LogP contribution in [0, 0.1) is 0 Å². The van der Waals surface area contributed by atoms with Crippen molar-refractivity contribution >= 4 is 38.2 Å². The molecular formula is C27H28N2O8S2. The molecular weight excluding hydrogens is 544 g/mol. The lowest BCUT2D eigenvalue weighted by Gasteiger charge is -2.21. The fourth-order valence-electron chi connectivity index (χ4n) is 4.06. The number of nitrogens with zero attached hydrogens (tertiary/aromatic N) is 1. The first-order valence-electron chi connectivity index (χ1n) is 12.6. The van der Waals surface area contributed by atoms with Crippen LogP contribution in [0.3, 0.4) is 0 Å². The molecule has 2 fully saturated rings. The Kier molecular flexibility index (Phi) is 8.26. The first-order chi connectivity index (χ1) is 18.8. The van der Waals surface area contributed by atoms with E-state index < -0.39 is 27.8 Å². The normalized spacial score (nSPS) is 17.9. The first-order valence-corrected chi connectivity index (χ1v) is 15.0. The summed E-state index contributed by atoms with van der Waals surface area (Å²) in [6.45, 7) is 2.92. The number of sulfone groups is 1. The van der Waals surface area contributed by atoms with Crippen LogP contribution < -0.4 is 10.1 Å². The summed E-state index contributed by atoms with van der Waals surface area (Å²) in [5.41, 5.74) is 0.886. The fraction of sp³-hybridized carbons (Fsp3) is 0.370. The second-order valence-corrected chi connectivity index (χ2v) is 12.4. The monoisotopic (exact) mass is 572 g/mol. The van der Waals surface area contributed by atoms with Crippen molar-refractivity contribution in [3.05, 3.63) is 65.9 Å². The number of hydrogen-bond donors (Lipinski definition) is 1. The number of aromatic nitrogens is 1. The largest absolute Gasteiger partial charge is 0.462 e. The van der Waals surface area contributed by atoms with E-state index in [0.717, 1.165) is 11.3 Å². The highest BCUT2D eigenvalue weighted by atomic mass is 32.2. The minimum Gasteiger partial charge on any atom is -0.462 e. The maximum absolute atomic E-state index is 13.3. The van der Waals surface area contributed by atoms with Crippen LogP contribution in [-0.2, 0) is 28.8 Å². The Labute approximate surface area is 230 Å². The van der Waals surface area contributed by atoms with Crippen LogP contribution in [0.15, 0.2) is 59.6 Å². The second kappa shape index (κ2) is 11.8. The van der Waals surface area contributed by atoms with Crippen molar-refractivity contribution in [1.29, 1.82) is 0 Å². The van der Waals surface area contributed by atoms with E-state index in [-0.39, 0.29) is 22.9 Å². The molecule has 10 nitrogen and oxygen atoms in total. The van der Waals surface area contributed by atoms with Gasteiger partial charge in [0.05, 0.1) is 41.2 Å². The number of ether oxygens (including phenoxy) is 4. The van der Waals surface area contributed by atoms with Crippen LogP contribution >= 0.6 is 11.3 Å². The zero-order chi connectivity index (χ0) is 27.4. The summed E-state index contributed by atoms with van der Waals surface area (Å²) in [6.07, 6.45) is 2.21. The zero-order valence-electron chi connectivity index (χ0n) is 21.2. The van der Waals surface area contributed by atoms with Gasteiger partial charge in [-0.3, -0.25) is 10.1 Å². The first kappa shape index (κ1) is 27.3. The molecule has 1 amide bonds. The smallest absolute Gasteiger partial charge is 0.338 e. The maximum atomic E-state index is 13.3. The van der Waals surface area contributed by atoms with Gasteiger partial charge in [-0.1, -0.05) is 29.5 Å². The maximum Gasteiger partial charge on any atom is 0.338 e. The Balaban J connectivity index is 1.29. The molecule has 2 aromatic carbocycles. The molecule has 5 rings (SSSR count). The van der Waals surface area contributed by atoms with Gasteiger partial charge >= 0.3 is 5.97 Å². The van der Waals surface area contributed by atoms with E-state index in [1.165, 1.54) is 18.3 Å². The van der Waals surface area contributed by atoms with Crippen LogP contribution in [0.4, 0.5) is 5.13 Å². The minimum atomic E-state index is -3.34. The number of hydrogen-bond acceptors (Lipinski definition) is 10. The molecule has 2 atom stereocenters. The molecule has 39 heavy (non-hydrogen) atoms. The number of benzene rings is 2. The highest BCUT2D eigenvalue weighted by molar-refractivity contribution is 7.92. The molecule has 1 unspecified atom stereocenters. The molecule has 0 spiro atoms. The third kappa shape index (κ3) is 6.64. The molecule has 1 aliphatic carbocycles. The topological polar surface area (TPSA) is 130 Å². The number of nitrogens with one attached hydrogen (secondary N) is 1. The van der Waals surface area contributed by atoms with Crippen LogP contribution in [0.5, 0.6) is 10.8 Å². The second-order valence-electron chi connectivity index (χ2n) is 9.14. The highest BCUT2D eigenvalue weighted by Crippen LogP contribution is 2.35. The molecule has 206 valence electrons. The Morgan fingerprint density at radius 1 is 1.15 bits per heavy atom. The van der Waals surface area contributed by atoms with E-state index in [9.17, 15) is 18.0 Å². The van der Waals surface area contributed by atoms with E-state index in [1.807, 2.05) is 0 Å². The van der Waals surface area contributed by atoms with Gasteiger partial charge in [-0.25, -0.2) is 18.2 Å². The standard InChI is InChI=1S/C27H28N2O8S2/c1-2-35-26(31)18-4-3-5-19(14-18)36-23-15-28-27(38-23)29-25(30)24(37-20-12-13-34-16-20)17-6-8-21(9-7-17)39(32,33)22-10-11-22/h3-9,14-15,20,22,24H,2,10-13,16H2,1H3,(H,28,29,30)/t20-,24?/m1/s1. The van der Waals surface area contributed by atoms with E-state index in [1.54, 1.807) is 43.3 Å². The van der Waals surface area contributed by atoms with Crippen molar-refractivity contribution < 1.29 is 37.0 Å². The zero-order valence-corrected chi connectivity index (χ0v) is 22.8. The van der Waals surface area contributed by atoms with E-state index >= 15 is 0 Å². The Morgan fingerprint density at radius 2 is 1.95 bits per heavy atom. The Morgan fingerprint density at radius 3 is 2.64 bits per heavy atom. The number of carbonyl (C=O) groups excluding carboxylic acids is 2. The van der Waals surface area contributed by atoms with E-state index in [2.05, 4.69) is 10.3 Å². The summed E-state index contributed by atoms with van der Waals surface area (Å²) in [4.78, 5) is 29.8. The van der Waals surface area contributed by atoms with Crippen molar-refractivity contribution in [1.82, 2.24) is 4.98 Å². The quantitative estimate of drug-likeness (QED) is 0.329. The number of amides is 1. The van der Waals surface area contributed by atoms with Crippen molar-refractivity contribution in [3.63, 3.8) is 0 Å². The lowest BCUT2D eigenvalue weighted by molar-refractivity contribution is -0.131. The van der Waals surface area contributed by atoms with Gasteiger partial charge in [0.2, 0.25) is 5.06 Å². The van der Waals surface area contributed by atoms with Crippen LogP contribution in [0.2, 0.25) is 0 Å². The van der Waals surface area contributed by atoms with Gasteiger partial charge in [0, 0.05) is 6.61 Å². The van der Waals surface area contributed by atoms with Gasteiger partial charge in [-0.15, -0.1) is 0 Å². The van der Waals surface area contributed by atoms with Crippen molar-refractivity contribution in [2.24, 2.45) is 0 Å². The Hall–Kier alpha value is -3.32. The van der Waals surface area contributed by atoms with Crippen molar-refractivity contribution in [2.75, 3.05) is 25.1 Å². The molecule has 0 radical (unpaired) electrons. The van der Waals surface area contributed by atoms with E-state index in [0.29, 0.717) is 59.5 Å². The van der Waals surface area contributed by atoms with Gasteiger partial charge in [0.15, 0.2) is 21.1 Å². The van der Waals surface area contributed by atoms with Crippen molar-refractivity contribution in [3.8, 4) is 10.8 Å². The molecule has 1 saturated heterocycles. The van der Waals surface area contributed by atoms with Gasteiger partial charge < -0.3 is 18.9 Å². The molecule has 1 saturated carbocycles. The summed E-state index contributed by atoms with van der Waals surface area (Å²) in [6, 6.07) is 12.9. The van der Waals surface area contributed by atoms with Crippen LogP contribution in [-0.4, -0.2) is 56.5 Å². The summed E-state index contributed by atoms with van der Waals surface area (Å²) in [7, 11) is -3.34. The van der Waals surface area contributed by atoms with Crippen LogP contribution in [0.1, 0.15) is 48.2 Å². The Bertz CT molecular complexity index is 1430. The summed E-state index contributed by atoms with van der Waals surface area (Å²) in [5.74, 6) is -0.479. The molecule has 1 aromatic heterocycles. The summed E-state index contributed by atoms with van der Waals surface area (Å²) < 4.78 is 47.5. The predicted molar refractivity (Wildman–Crippen MR) is 143 cm³/mol. The number of thiazole rings is 1. The molecule has 12 heteroatoms. The van der Waals surface area contributed by atoms with Crippen LogP contribution in [0.25, 0.3) is 0 Å². The lowest BCUT2D eigenvalue weighted by atomic mass is 10.1. The third-order valence-corrected chi connectivity index (χ3v) is 9.28. The van der Waals surface area contributed by atoms with Gasteiger partial charge in [-0.05, 0) is 62.1 Å². The average molecular weight is 573 g/mol. The summed E-state index contributed by atoms with van der Waals surface area (Å²) >= 11 is 1.11. The molecule has 0 bridgehead atoms. The number of carbonyl (C=O) groups is 2. The van der Waals surface area contributed by atoms with Gasteiger partial charge in [-0.2, -0.15) is 0 Å². The predicted octanol–water partition coefficient (Wildman–Crippen LogP) is 4.53. The lowest BCUT2D eigenvalue weighted by Crippen LogP contribution is -2.28. The average Bonchev–Trinajstić information content (AvgIpc) is 3.52. The van der Waals surface area contributed by atoms with Gasteiger partial charge in [0.25, 0.3) is 5.91 Å². The minimum absolute atomic E-state index is 0.242. The number of anilines is 1. The SMILES string of the molecule is CCOC(=O)c1cccc(Oc2cnc(NC(=O)C(O[C@@H]3CCOC3)c3ccc(S(=O)(=O)C4CC4)cc3)s2)c1. The van der Waals surface area contributed by atoms with E-state index in [4.69, 9.17) is 18.9 Å². The summed E-state index contributed by atoms with van der Waals surface area (Å²) in [5, 5.41) is 3.15. The molecule has 3 aromatic rings. The fourth-order valence-corrected chi connectivity index (χ4v) is 6.41. The molecule has 2 heterocycles. The number of esters is 1. The third-order valence-electron chi connectivity index (χ3n) is 6.21.